The highest BCUT2D eigenvalue weighted by molar-refractivity contribution is 8.03. The van der Waals surface area contributed by atoms with E-state index in [4.69, 9.17) is 16.3 Å². The third-order valence-corrected chi connectivity index (χ3v) is 10.2. The number of pyridine rings is 1. The Hall–Kier alpha value is -5.73. The number of benzene rings is 1. The summed E-state index contributed by atoms with van der Waals surface area (Å²) in [4.78, 5) is 65.9. The standard InChI is InChI=1S/C29H24N8O9S3/c30-27-34-20(12-48-27)29(26(44)45,13-3-4-16(38)17(39)8-13)46-32-9-21(40)35-22-15-11-47-19(23(25(42)43)37(15)24(22)41)2-1-6-36-7-5-18-14(10-36)33-28(31)49-18/h1-5,7-10,12,15,22H,6,11H2,(H8-,30,31,32,33,34,35,38,39,40,42,43,44,45)/p+1. The lowest BCUT2D eigenvalue weighted by atomic mass is 9.90. The first-order valence-electron chi connectivity index (χ1n) is 14.0. The van der Waals surface area contributed by atoms with Crippen LogP contribution in [0, 0.1) is 0 Å². The van der Waals surface area contributed by atoms with Crippen molar-refractivity contribution in [3.05, 3.63) is 76.1 Å². The van der Waals surface area contributed by atoms with Crippen molar-refractivity contribution in [2.75, 3.05) is 17.2 Å². The van der Waals surface area contributed by atoms with Gasteiger partial charge in [0.1, 0.15) is 29.2 Å². The number of aromatic hydroxyl groups is 2. The number of phenols is 2. The van der Waals surface area contributed by atoms with Crippen LogP contribution in [0.4, 0.5) is 10.3 Å². The second kappa shape index (κ2) is 13.1. The molecule has 2 amide bonds. The summed E-state index contributed by atoms with van der Waals surface area (Å²) < 4.78 is 2.78. The lowest BCUT2D eigenvalue weighted by Gasteiger charge is -2.49. The Morgan fingerprint density at radius 2 is 1.96 bits per heavy atom. The lowest BCUT2D eigenvalue weighted by Crippen LogP contribution is -2.72. The number of carboxylic acid groups (broad SMARTS) is 2. The van der Waals surface area contributed by atoms with Crippen LogP contribution in [0.1, 0.15) is 11.3 Å². The number of allylic oxidation sites excluding steroid dienone is 2. The van der Waals surface area contributed by atoms with Crippen LogP contribution in [-0.2, 0) is 36.2 Å². The SMILES string of the molecule is Nc1nc(C(ON=CC(=O)NC2C(=O)N3C(C(=O)O)=C(C=CC[n+]4ccc5sc(N)nc5c4)SCC23)(C(=O)O)c2ccc(O)c(O)c2)cs1. The number of nitrogens with zero attached hydrogens (tertiary/aromatic N) is 5. The lowest BCUT2D eigenvalue weighted by molar-refractivity contribution is -0.685. The minimum atomic E-state index is -2.50. The maximum Gasteiger partial charge on any atom is 0.362 e. The van der Waals surface area contributed by atoms with Crippen LogP contribution in [0.3, 0.4) is 0 Å². The Morgan fingerprint density at radius 1 is 1.16 bits per heavy atom. The average molecular weight is 726 g/mol. The summed E-state index contributed by atoms with van der Waals surface area (Å²) in [6.45, 7) is 0.398. The number of thiazole rings is 2. The van der Waals surface area contributed by atoms with Gasteiger partial charge in [0.05, 0.1) is 10.7 Å². The number of nitrogens with one attached hydrogen (secondary N) is 1. The van der Waals surface area contributed by atoms with Crippen LogP contribution in [-0.4, -0.2) is 83.1 Å². The normalized spacial score (nSPS) is 18.8. The van der Waals surface area contributed by atoms with E-state index >= 15 is 0 Å². The molecular formula is C29H25N8O9S3+. The second-order valence-electron chi connectivity index (χ2n) is 10.5. The molecule has 2 aliphatic heterocycles. The number of phenolic OH excluding ortho intramolecular Hbond substituents is 2. The number of carboxylic acids is 2. The van der Waals surface area contributed by atoms with Crippen molar-refractivity contribution in [3.63, 3.8) is 0 Å². The fourth-order valence-electron chi connectivity index (χ4n) is 5.23. The van der Waals surface area contributed by atoms with E-state index in [0.717, 1.165) is 44.7 Å². The Bertz CT molecular complexity index is 2110. The van der Waals surface area contributed by atoms with Crippen LogP contribution in [0.15, 0.2) is 69.9 Å². The molecule has 49 heavy (non-hydrogen) atoms. The van der Waals surface area contributed by atoms with Gasteiger partial charge in [0.25, 0.3) is 11.8 Å². The number of aromatic nitrogens is 3. The van der Waals surface area contributed by atoms with Crippen LogP contribution < -0.4 is 21.4 Å². The number of carbonyl (C=O) groups excluding carboxylic acids is 2. The highest BCUT2D eigenvalue weighted by Gasteiger charge is 2.54. The second-order valence-corrected chi connectivity index (χ2v) is 13.5. The van der Waals surface area contributed by atoms with Gasteiger partial charge in [-0.2, -0.15) is 4.57 Å². The van der Waals surface area contributed by atoms with Crippen LogP contribution in [0.2, 0.25) is 0 Å². The number of fused-ring (bicyclic) bond motifs is 2. The topological polar surface area (TPSA) is 268 Å². The van der Waals surface area contributed by atoms with E-state index in [0.29, 0.717) is 22.8 Å². The summed E-state index contributed by atoms with van der Waals surface area (Å²) in [7, 11) is 0. The van der Waals surface area contributed by atoms with Crippen LogP contribution >= 0.6 is 34.4 Å². The van der Waals surface area contributed by atoms with E-state index in [1.165, 1.54) is 28.5 Å². The van der Waals surface area contributed by atoms with Crippen LogP contribution in [0.25, 0.3) is 10.2 Å². The summed E-state index contributed by atoms with van der Waals surface area (Å²) in [6.07, 6.45) is 7.65. The number of hydrogen-bond donors (Lipinski definition) is 7. The summed E-state index contributed by atoms with van der Waals surface area (Å²) >= 11 is 3.49. The molecule has 17 nitrogen and oxygen atoms in total. The number of thioether (sulfide) groups is 1. The first-order valence-corrected chi connectivity index (χ1v) is 16.7. The zero-order valence-corrected chi connectivity index (χ0v) is 27.2. The van der Waals surface area contributed by atoms with E-state index in [1.54, 1.807) is 12.2 Å². The Morgan fingerprint density at radius 3 is 2.65 bits per heavy atom. The molecule has 6 rings (SSSR count). The molecule has 0 radical (unpaired) electrons. The van der Waals surface area contributed by atoms with E-state index in [2.05, 4.69) is 20.4 Å². The number of nitrogen functional groups attached to an aromatic ring is 2. The highest BCUT2D eigenvalue weighted by atomic mass is 32.2. The minimum absolute atomic E-state index is 0.000763. The number of hydrogen-bond acceptors (Lipinski definition) is 15. The van der Waals surface area contributed by atoms with Gasteiger partial charge in [0.15, 0.2) is 40.7 Å². The minimum Gasteiger partial charge on any atom is -0.504 e. The third-order valence-electron chi connectivity index (χ3n) is 7.52. The predicted molar refractivity (Wildman–Crippen MR) is 177 cm³/mol. The number of anilines is 2. The Labute approximate surface area is 287 Å². The van der Waals surface area contributed by atoms with E-state index in [-0.39, 0.29) is 27.8 Å². The average Bonchev–Trinajstić information content (AvgIpc) is 3.66. The molecule has 252 valence electrons. The maximum absolute atomic E-state index is 13.1. The number of oxime groups is 1. The Kier molecular flexibility index (Phi) is 8.84. The van der Waals surface area contributed by atoms with Gasteiger partial charge >= 0.3 is 17.5 Å². The summed E-state index contributed by atoms with van der Waals surface area (Å²) in [5, 5.41) is 47.7. The fourth-order valence-corrected chi connectivity index (χ4v) is 7.74. The zero-order valence-electron chi connectivity index (χ0n) is 24.8. The maximum atomic E-state index is 13.1. The molecule has 0 aliphatic carbocycles. The van der Waals surface area contributed by atoms with Crippen molar-refractivity contribution in [1.29, 1.82) is 0 Å². The smallest absolute Gasteiger partial charge is 0.362 e. The van der Waals surface area contributed by atoms with Crippen molar-refractivity contribution in [3.8, 4) is 11.5 Å². The quantitative estimate of drug-likeness (QED) is 0.0373. The Balaban J connectivity index is 1.15. The molecule has 3 unspecified atom stereocenters. The van der Waals surface area contributed by atoms with Crippen molar-refractivity contribution in [1.82, 2.24) is 20.2 Å². The van der Waals surface area contributed by atoms with Gasteiger partial charge < -0.3 is 42.0 Å². The van der Waals surface area contributed by atoms with Crippen LogP contribution in [0.5, 0.6) is 11.5 Å². The molecule has 9 N–H and O–H groups in total. The molecule has 1 fully saturated rings. The molecule has 1 saturated heterocycles. The number of nitrogens with two attached hydrogens (primary N) is 2. The number of carbonyl (C=O) groups is 4. The molecule has 3 aromatic heterocycles. The summed E-state index contributed by atoms with van der Waals surface area (Å²) in [6, 6.07) is 3.24. The first kappa shape index (κ1) is 33.2. The van der Waals surface area contributed by atoms with Gasteiger partial charge in [-0.1, -0.05) is 16.5 Å². The van der Waals surface area contributed by atoms with Gasteiger partial charge in [0.2, 0.25) is 0 Å². The number of β-lactam (4-membered cyclic amide) rings is 1. The first-order chi connectivity index (χ1) is 23.4. The third kappa shape index (κ3) is 6.19. The van der Waals surface area contributed by atoms with Crippen molar-refractivity contribution in [2.45, 2.75) is 24.2 Å². The molecular weight excluding hydrogens is 701 g/mol. The van der Waals surface area contributed by atoms with Gasteiger partial charge in [-0.15, -0.1) is 23.1 Å². The zero-order chi connectivity index (χ0) is 35.0. The largest absolute Gasteiger partial charge is 0.504 e. The monoisotopic (exact) mass is 725 g/mol. The number of amides is 2. The van der Waals surface area contributed by atoms with Crippen molar-refractivity contribution < 1.29 is 49.0 Å². The molecule has 0 saturated carbocycles. The van der Waals surface area contributed by atoms with Crippen molar-refractivity contribution >= 4 is 84.9 Å². The summed E-state index contributed by atoms with van der Waals surface area (Å²) in [5.74, 6) is -5.44. The van der Waals surface area contributed by atoms with Gasteiger partial charge in [-0.05, 0) is 30.4 Å². The highest BCUT2D eigenvalue weighted by Crippen LogP contribution is 2.41. The molecule has 3 atom stereocenters. The number of aliphatic carboxylic acids is 2. The predicted octanol–water partition coefficient (Wildman–Crippen LogP) is 0.942. The van der Waals surface area contributed by atoms with E-state index < -0.39 is 52.9 Å². The summed E-state index contributed by atoms with van der Waals surface area (Å²) in [5.41, 5.74) is 9.07. The molecule has 4 aromatic rings. The molecule has 0 bridgehead atoms. The molecule has 1 aromatic carbocycles. The van der Waals surface area contributed by atoms with Gasteiger partial charge in [-0.3, -0.25) is 14.5 Å². The molecule has 20 heteroatoms. The number of rotatable bonds is 11. The molecule has 0 spiro atoms. The van der Waals surface area contributed by atoms with Gasteiger partial charge in [-0.25, -0.2) is 19.6 Å². The fraction of sp³-hybridized carbons (Fsp3) is 0.172. The van der Waals surface area contributed by atoms with Gasteiger partial charge in [0, 0.05) is 27.7 Å². The molecule has 5 heterocycles. The molecule has 2 aliphatic rings. The van der Waals surface area contributed by atoms with E-state index in [1.807, 2.05) is 23.0 Å². The van der Waals surface area contributed by atoms with E-state index in [9.17, 15) is 39.6 Å². The van der Waals surface area contributed by atoms with Crippen molar-refractivity contribution in [2.24, 2.45) is 5.16 Å².